The van der Waals surface area contributed by atoms with Crippen molar-refractivity contribution in [3.05, 3.63) is 24.3 Å². The number of anilines is 1. The molecule has 0 unspecified atom stereocenters. The molecule has 0 N–H and O–H groups in total. The Labute approximate surface area is 119 Å². The second-order valence-corrected chi connectivity index (χ2v) is 5.25. The lowest BCUT2D eigenvalue weighted by Gasteiger charge is -2.34. The Morgan fingerprint density at radius 3 is 2.70 bits per heavy atom. The zero-order valence-electron chi connectivity index (χ0n) is 12.3. The van der Waals surface area contributed by atoms with E-state index in [-0.39, 0.29) is 24.4 Å². The lowest BCUT2D eigenvalue weighted by molar-refractivity contribution is -0.133. The third-order valence-electron chi connectivity index (χ3n) is 3.53. The maximum Gasteiger partial charge on any atom is 0.268 e. The molecular weight excluding hydrogens is 256 g/mol. The smallest absolute Gasteiger partial charge is 0.268 e. The van der Waals surface area contributed by atoms with Gasteiger partial charge in [-0.15, -0.1) is 0 Å². The molecule has 1 heterocycles. The molecule has 20 heavy (non-hydrogen) atoms. The summed E-state index contributed by atoms with van der Waals surface area (Å²) in [5.41, 5.74) is 0.654. The summed E-state index contributed by atoms with van der Waals surface area (Å²) in [4.78, 5) is 27.6. The third kappa shape index (κ3) is 2.61. The van der Waals surface area contributed by atoms with Crippen LogP contribution in [0, 0.1) is 0 Å². The molecule has 0 spiro atoms. The maximum atomic E-state index is 12.2. The molecule has 5 nitrogen and oxygen atoms in total. The highest BCUT2D eigenvalue weighted by atomic mass is 16.5. The first-order chi connectivity index (χ1) is 9.41. The van der Waals surface area contributed by atoms with Crippen molar-refractivity contribution in [1.29, 1.82) is 0 Å². The Hall–Kier alpha value is -2.04. The Morgan fingerprint density at radius 1 is 1.40 bits per heavy atom. The fourth-order valence-corrected chi connectivity index (χ4v) is 2.06. The SMILES string of the molecule is CC(C)N(C)C(=O)CN1C(=O)[C@@H](C)Oc2ccccc21. The minimum absolute atomic E-state index is 0.0399. The third-order valence-corrected chi connectivity index (χ3v) is 3.53. The summed E-state index contributed by atoms with van der Waals surface area (Å²) in [6.45, 7) is 5.62. The van der Waals surface area contributed by atoms with Crippen LogP contribution in [-0.4, -0.2) is 42.5 Å². The molecule has 0 bridgehead atoms. The highest BCUT2D eigenvalue weighted by Crippen LogP contribution is 2.33. The van der Waals surface area contributed by atoms with Crippen LogP contribution in [0.1, 0.15) is 20.8 Å². The van der Waals surface area contributed by atoms with Gasteiger partial charge in [0.1, 0.15) is 12.3 Å². The van der Waals surface area contributed by atoms with E-state index in [1.165, 1.54) is 4.90 Å². The molecule has 0 aliphatic carbocycles. The summed E-state index contributed by atoms with van der Waals surface area (Å²) in [6, 6.07) is 7.38. The number of hydrogen-bond donors (Lipinski definition) is 0. The summed E-state index contributed by atoms with van der Waals surface area (Å²) in [6.07, 6.45) is -0.568. The number of hydrogen-bond acceptors (Lipinski definition) is 3. The van der Waals surface area contributed by atoms with Gasteiger partial charge in [0.2, 0.25) is 5.91 Å². The van der Waals surface area contributed by atoms with Gasteiger partial charge in [0, 0.05) is 13.1 Å². The number of para-hydroxylation sites is 2. The highest BCUT2D eigenvalue weighted by Gasteiger charge is 2.33. The normalized spacial score (nSPS) is 17.8. The van der Waals surface area contributed by atoms with Crippen molar-refractivity contribution in [2.75, 3.05) is 18.5 Å². The van der Waals surface area contributed by atoms with Crippen molar-refractivity contribution in [2.45, 2.75) is 32.9 Å². The van der Waals surface area contributed by atoms with Gasteiger partial charge in [-0.1, -0.05) is 12.1 Å². The van der Waals surface area contributed by atoms with E-state index in [9.17, 15) is 9.59 Å². The minimum Gasteiger partial charge on any atom is -0.479 e. The predicted octanol–water partition coefficient (Wildman–Crippen LogP) is 1.67. The molecule has 0 radical (unpaired) electrons. The van der Waals surface area contributed by atoms with Crippen molar-refractivity contribution in [3.8, 4) is 5.75 Å². The molecule has 0 saturated carbocycles. The first kappa shape index (κ1) is 14.4. The van der Waals surface area contributed by atoms with E-state index in [0.717, 1.165) is 0 Å². The molecule has 2 amide bonds. The van der Waals surface area contributed by atoms with E-state index >= 15 is 0 Å². The van der Waals surface area contributed by atoms with Crippen LogP contribution in [0.3, 0.4) is 0 Å². The van der Waals surface area contributed by atoms with E-state index in [4.69, 9.17) is 4.74 Å². The average Bonchev–Trinajstić information content (AvgIpc) is 2.42. The summed E-state index contributed by atoms with van der Waals surface area (Å²) in [5.74, 6) is 0.367. The number of nitrogens with zero attached hydrogens (tertiary/aromatic N) is 2. The fourth-order valence-electron chi connectivity index (χ4n) is 2.06. The van der Waals surface area contributed by atoms with Crippen LogP contribution in [0.4, 0.5) is 5.69 Å². The average molecular weight is 276 g/mol. The molecule has 2 rings (SSSR count). The van der Waals surface area contributed by atoms with E-state index in [0.29, 0.717) is 11.4 Å². The number of likely N-dealkylation sites (N-methyl/N-ethyl adjacent to an activating group) is 1. The largest absolute Gasteiger partial charge is 0.479 e. The summed E-state index contributed by atoms with van der Waals surface area (Å²) >= 11 is 0. The van der Waals surface area contributed by atoms with Gasteiger partial charge in [-0.3, -0.25) is 14.5 Å². The van der Waals surface area contributed by atoms with Crippen LogP contribution in [0.5, 0.6) is 5.75 Å². The van der Waals surface area contributed by atoms with Gasteiger partial charge in [0.25, 0.3) is 5.91 Å². The highest BCUT2D eigenvalue weighted by molar-refractivity contribution is 6.03. The molecule has 1 atom stereocenters. The van der Waals surface area contributed by atoms with Gasteiger partial charge in [-0.2, -0.15) is 0 Å². The lowest BCUT2D eigenvalue weighted by atomic mass is 10.2. The topological polar surface area (TPSA) is 49.9 Å². The van der Waals surface area contributed by atoms with Crippen molar-refractivity contribution >= 4 is 17.5 Å². The predicted molar refractivity (Wildman–Crippen MR) is 76.8 cm³/mol. The molecule has 1 aromatic carbocycles. The van der Waals surface area contributed by atoms with Gasteiger partial charge in [0.05, 0.1) is 5.69 Å². The Balaban J connectivity index is 2.26. The van der Waals surface area contributed by atoms with E-state index in [1.807, 2.05) is 32.0 Å². The first-order valence-electron chi connectivity index (χ1n) is 6.74. The Morgan fingerprint density at radius 2 is 2.05 bits per heavy atom. The first-order valence-corrected chi connectivity index (χ1v) is 6.74. The lowest BCUT2D eigenvalue weighted by Crippen LogP contribution is -2.49. The monoisotopic (exact) mass is 276 g/mol. The van der Waals surface area contributed by atoms with Gasteiger partial charge < -0.3 is 9.64 Å². The molecule has 108 valence electrons. The Kier molecular flexibility index (Phi) is 3.97. The molecular formula is C15H20N2O3. The van der Waals surface area contributed by atoms with Gasteiger partial charge in [0.15, 0.2) is 6.10 Å². The molecule has 1 aromatic rings. The van der Waals surface area contributed by atoms with Crippen LogP contribution in [-0.2, 0) is 9.59 Å². The van der Waals surface area contributed by atoms with Crippen LogP contribution < -0.4 is 9.64 Å². The van der Waals surface area contributed by atoms with E-state index in [1.54, 1.807) is 24.9 Å². The van der Waals surface area contributed by atoms with Crippen molar-refractivity contribution in [1.82, 2.24) is 4.90 Å². The van der Waals surface area contributed by atoms with Crippen molar-refractivity contribution < 1.29 is 14.3 Å². The molecule has 0 saturated heterocycles. The minimum atomic E-state index is -0.568. The Bertz CT molecular complexity index is 528. The molecule has 5 heteroatoms. The van der Waals surface area contributed by atoms with Gasteiger partial charge in [-0.05, 0) is 32.9 Å². The van der Waals surface area contributed by atoms with Crippen LogP contribution in [0.15, 0.2) is 24.3 Å². The zero-order chi connectivity index (χ0) is 14.9. The van der Waals surface area contributed by atoms with Gasteiger partial charge in [-0.25, -0.2) is 0 Å². The number of carbonyl (C=O) groups is 2. The number of rotatable bonds is 3. The molecule has 1 aliphatic heterocycles. The van der Waals surface area contributed by atoms with Crippen molar-refractivity contribution in [3.63, 3.8) is 0 Å². The number of fused-ring (bicyclic) bond motifs is 1. The van der Waals surface area contributed by atoms with Gasteiger partial charge >= 0.3 is 0 Å². The van der Waals surface area contributed by atoms with E-state index < -0.39 is 6.10 Å². The second kappa shape index (κ2) is 5.53. The summed E-state index contributed by atoms with van der Waals surface area (Å²) in [5, 5.41) is 0. The quantitative estimate of drug-likeness (QED) is 0.843. The number of carbonyl (C=O) groups excluding carboxylic acids is 2. The molecule has 1 aliphatic rings. The zero-order valence-corrected chi connectivity index (χ0v) is 12.3. The fraction of sp³-hybridized carbons (Fsp3) is 0.467. The standard InChI is InChI=1S/C15H20N2O3/c1-10(2)16(4)14(18)9-17-12-7-5-6-8-13(12)20-11(3)15(17)19/h5-8,10-11H,9H2,1-4H3/t11-/m1/s1. The molecule has 0 aromatic heterocycles. The second-order valence-electron chi connectivity index (χ2n) is 5.25. The maximum absolute atomic E-state index is 12.2. The van der Waals surface area contributed by atoms with Crippen molar-refractivity contribution in [2.24, 2.45) is 0 Å². The summed E-state index contributed by atoms with van der Waals surface area (Å²) < 4.78 is 5.55. The number of benzene rings is 1. The summed E-state index contributed by atoms with van der Waals surface area (Å²) in [7, 11) is 1.74. The molecule has 0 fully saturated rings. The van der Waals surface area contributed by atoms with E-state index in [2.05, 4.69) is 0 Å². The number of ether oxygens (including phenoxy) is 1. The van der Waals surface area contributed by atoms with Crippen LogP contribution in [0.2, 0.25) is 0 Å². The van der Waals surface area contributed by atoms with Crippen LogP contribution >= 0.6 is 0 Å². The van der Waals surface area contributed by atoms with Crippen LogP contribution in [0.25, 0.3) is 0 Å². The number of amides is 2.